The quantitative estimate of drug-likeness (QED) is 0.878. The normalized spacial score (nSPS) is 18.0. The first kappa shape index (κ1) is 15.3. The molecule has 2 atom stereocenters. The van der Waals surface area contributed by atoms with Gasteiger partial charge in [0.1, 0.15) is 6.04 Å². The number of alkyl halides is 2. The van der Waals surface area contributed by atoms with Crippen LogP contribution in [0.2, 0.25) is 0 Å². The van der Waals surface area contributed by atoms with Gasteiger partial charge in [0.2, 0.25) is 5.91 Å². The van der Waals surface area contributed by atoms with E-state index in [1.807, 2.05) is 13.8 Å². The Balaban J connectivity index is 2.00. The lowest BCUT2D eigenvalue weighted by Crippen LogP contribution is -2.41. The predicted molar refractivity (Wildman–Crippen MR) is 73.6 cm³/mol. The van der Waals surface area contributed by atoms with Crippen molar-refractivity contribution in [3.05, 3.63) is 18.2 Å². The van der Waals surface area contributed by atoms with Gasteiger partial charge in [-0.25, -0.2) is 0 Å². The van der Waals surface area contributed by atoms with E-state index in [0.717, 1.165) is 6.42 Å². The fourth-order valence-corrected chi connectivity index (χ4v) is 1.82. The van der Waals surface area contributed by atoms with E-state index in [4.69, 9.17) is 0 Å². The second kappa shape index (κ2) is 5.75. The smallest absolute Gasteiger partial charge is 0.395 e. The molecule has 2 rings (SSSR count). The third-order valence-electron chi connectivity index (χ3n) is 3.18. The van der Waals surface area contributed by atoms with Crippen molar-refractivity contribution >= 4 is 11.6 Å². The van der Waals surface area contributed by atoms with Crippen molar-refractivity contribution in [2.75, 3.05) is 5.32 Å². The fraction of sp³-hybridized carbons (Fsp3) is 0.500. The first-order valence-electron chi connectivity index (χ1n) is 6.77. The maximum Gasteiger partial charge on any atom is 0.586 e. The number of hydrogen-bond donors (Lipinski definition) is 2. The Morgan fingerprint density at radius 3 is 2.62 bits per heavy atom. The van der Waals surface area contributed by atoms with Crippen LogP contribution in [-0.2, 0) is 4.79 Å². The molecule has 7 heteroatoms. The molecule has 116 valence electrons. The van der Waals surface area contributed by atoms with Crippen molar-refractivity contribution in [3.8, 4) is 11.5 Å². The first-order chi connectivity index (χ1) is 9.80. The summed E-state index contributed by atoms with van der Waals surface area (Å²) in [6.07, 6.45) is -2.81. The predicted octanol–water partition coefficient (Wildman–Crippen LogP) is 2.72. The van der Waals surface area contributed by atoms with Crippen LogP contribution in [0.4, 0.5) is 14.5 Å². The zero-order valence-corrected chi connectivity index (χ0v) is 12.1. The summed E-state index contributed by atoms with van der Waals surface area (Å²) in [6.45, 7) is 5.57. The Labute approximate surface area is 121 Å². The number of nitrogens with one attached hydrogen (secondary N) is 2. The Morgan fingerprint density at radius 2 is 1.95 bits per heavy atom. The van der Waals surface area contributed by atoms with Crippen LogP contribution in [-0.4, -0.2) is 24.3 Å². The Morgan fingerprint density at radius 1 is 1.29 bits per heavy atom. The number of ether oxygens (including phenoxy) is 2. The fourth-order valence-electron chi connectivity index (χ4n) is 1.82. The molecule has 2 unspecified atom stereocenters. The summed E-state index contributed by atoms with van der Waals surface area (Å²) in [7, 11) is 0. The van der Waals surface area contributed by atoms with Crippen LogP contribution in [0.3, 0.4) is 0 Å². The molecule has 1 aromatic carbocycles. The van der Waals surface area contributed by atoms with E-state index in [1.54, 1.807) is 13.0 Å². The largest absolute Gasteiger partial charge is 0.586 e. The number of amides is 1. The topological polar surface area (TPSA) is 59.6 Å². The maximum absolute atomic E-state index is 12.9. The van der Waals surface area contributed by atoms with Crippen LogP contribution in [0.15, 0.2) is 18.2 Å². The van der Waals surface area contributed by atoms with E-state index in [2.05, 4.69) is 20.1 Å². The summed E-state index contributed by atoms with van der Waals surface area (Å²) in [6, 6.07) is 3.88. The van der Waals surface area contributed by atoms with Crippen LogP contribution in [0.1, 0.15) is 27.2 Å². The number of fused-ring (bicyclic) bond motifs is 1. The van der Waals surface area contributed by atoms with E-state index in [9.17, 15) is 13.6 Å². The highest BCUT2D eigenvalue weighted by Crippen LogP contribution is 2.42. The average Bonchev–Trinajstić information content (AvgIpc) is 2.71. The molecule has 0 fully saturated rings. The van der Waals surface area contributed by atoms with Crippen LogP contribution in [0.5, 0.6) is 11.5 Å². The van der Waals surface area contributed by atoms with Crippen molar-refractivity contribution in [3.63, 3.8) is 0 Å². The van der Waals surface area contributed by atoms with Crippen LogP contribution in [0, 0.1) is 0 Å². The lowest BCUT2D eigenvalue weighted by Gasteiger charge is -2.18. The molecule has 1 aliphatic rings. The zero-order chi connectivity index (χ0) is 15.6. The van der Waals surface area contributed by atoms with Crippen molar-refractivity contribution in [1.29, 1.82) is 0 Å². The van der Waals surface area contributed by atoms with Gasteiger partial charge in [-0.05, 0) is 32.4 Å². The summed E-state index contributed by atoms with van der Waals surface area (Å²) in [5, 5.41) is 5.77. The summed E-state index contributed by atoms with van der Waals surface area (Å²) in [5.41, 5.74) is 0.502. The number of anilines is 1. The minimum atomic E-state index is -3.64. The molecule has 21 heavy (non-hydrogen) atoms. The molecule has 5 nitrogen and oxygen atoms in total. The minimum absolute atomic E-state index is 0.0257. The Kier molecular flexibility index (Phi) is 4.20. The highest BCUT2D eigenvalue weighted by Gasteiger charge is 2.43. The standard InChI is InChI=1S/C14H18F2N2O3/c1-4-8(2)17-13(19)9(3)18-10-5-6-11-12(7-10)21-14(15,16)20-11/h5-9,18H,4H2,1-3H3,(H,17,19). The second-order valence-electron chi connectivity index (χ2n) is 5.01. The summed E-state index contributed by atoms with van der Waals surface area (Å²) in [5.74, 6) is -0.242. The number of rotatable bonds is 5. The molecule has 0 saturated heterocycles. The van der Waals surface area contributed by atoms with Crippen molar-refractivity contribution < 1.29 is 23.0 Å². The molecule has 0 aromatic heterocycles. The second-order valence-corrected chi connectivity index (χ2v) is 5.01. The molecule has 0 aliphatic carbocycles. The monoisotopic (exact) mass is 300 g/mol. The number of carbonyl (C=O) groups excluding carboxylic acids is 1. The molecule has 2 N–H and O–H groups in total. The number of carbonyl (C=O) groups is 1. The summed E-state index contributed by atoms with van der Waals surface area (Å²) >= 11 is 0. The molecular weight excluding hydrogens is 282 g/mol. The van der Waals surface area contributed by atoms with Gasteiger partial charge in [-0.1, -0.05) is 6.92 Å². The van der Waals surface area contributed by atoms with Crippen LogP contribution in [0.25, 0.3) is 0 Å². The molecule has 0 saturated carbocycles. The van der Waals surface area contributed by atoms with Gasteiger partial charge in [0, 0.05) is 17.8 Å². The number of hydrogen-bond acceptors (Lipinski definition) is 4. The molecule has 0 radical (unpaired) electrons. The van der Waals surface area contributed by atoms with Gasteiger partial charge in [0.15, 0.2) is 11.5 Å². The molecule has 0 bridgehead atoms. The van der Waals surface area contributed by atoms with Gasteiger partial charge in [-0.15, -0.1) is 8.78 Å². The molecule has 1 heterocycles. The molecule has 1 amide bonds. The lowest BCUT2D eigenvalue weighted by atomic mass is 10.2. The van der Waals surface area contributed by atoms with Gasteiger partial charge >= 0.3 is 6.29 Å². The van der Waals surface area contributed by atoms with Gasteiger partial charge in [-0.3, -0.25) is 4.79 Å². The summed E-state index contributed by atoms with van der Waals surface area (Å²) < 4.78 is 34.5. The Bertz CT molecular complexity index is 537. The maximum atomic E-state index is 12.9. The highest BCUT2D eigenvalue weighted by atomic mass is 19.3. The number of benzene rings is 1. The summed E-state index contributed by atoms with van der Waals surface area (Å²) in [4.78, 5) is 11.9. The van der Waals surface area contributed by atoms with Crippen molar-refractivity contribution in [2.45, 2.75) is 45.6 Å². The first-order valence-corrected chi connectivity index (χ1v) is 6.77. The van der Waals surface area contributed by atoms with Gasteiger partial charge < -0.3 is 20.1 Å². The van der Waals surface area contributed by atoms with Crippen molar-refractivity contribution in [2.24, 2.45) is 0 Å². The van der Waals surface area contributed by atoms with Crippen LogP contribution >= 0.6 is 0 Å². The third-order valence-corrected chi connectivity index (χ3v) is 3.18. The van der Waals surface area contributed by atoms with E-state index >= 15 is 0 Å². The third kappa shape index (κ3) is 3.74. The van der Waals surface area contributed by atoms with Gasteiger partial charge in [0.25, 0.3) is 0 Å². The van der Waals surface area contributed by atoms with Gasteiger partial charge in [-0.2, -0.15) is 0 Å². The van der Waals surface area contributed by atoms with Crippen LogP contribution < -0.4 is 20.1 Å². The van der Waals surface area contributed by atoms with E-state index < -0.39 is 12.3 Å². The van der Waals surface area contributed by atoms with E-state index in [1.165, 1.54) is 12.1 Å². The zero-order valence-electron chi connectivity index (χ0n) is 12.1. The SMILES string of the molecule is CCC(C)NC(=O)C(C)Nc1ccc2c(c1)OC(F)(F)O2. The average molecular weight is 300 g/mol. The highest BCUT2D eigenvalue weighted by molar-refractivity contribution is 5.84. The van der Waals surface area contributed by atoms with E-state index in [-0.39, 0.29) is 23.4 Å². The molecule has 1 aromatic rings. The number of halogens is 2. The van der Waals surface area contributed by atoms with E-state index in [0.29, 0.717) is 5.69 Å². The molecular formula is C14H18F2N2O3. The van der Waals surface area contributed by atoms with Crippen molar-refractivity contribution in [1.82, 2.24) is 5.32 Å². The Hall–Kier alpha value is -2.05. The lowest BCUT2D eigenvalue weighted by molar-refractivity contribution is -0.286. The minimum Gasteiger partial charge on any atom is -0.395 e. The molecule has 1 aliphatic heterocycles. The van der Waals surface area contributed by atoms with Gasteiger partial charge in [0.05, 0.1) is 0 Å². The molecule has 0 spiro atoms.